The first-order valence-corrected chi connectivity index (χ1v) is 5.42. The highest BCUT2D eigenvalue weighted by Gasteiger charge is 2.25. The van der Waals surface area contributed by atoms with Crippen LogP contribution in [0.2, 0.25) is 0 Å². The van der Waals surface area contributed by atoms with E-state index in [2.05, 4.69) is 16.6 Å². The fourth-order valence-electron chi connectivity index (χ4n) is 1.31. The number of carbonyl (C=O) groups excluding carboxylic acids is 1. The predicted molar refractivity (Wildman–Crippen MR) is 63.0 cm³/mol. The first kappa shape index (κ1) is 15.7. The van der Waals surface area contributed by atoms with Crippen LogP contribution in [-0.4, -0.2) is 16.3 Å². The molecule has 0 aliphatic carbocycles. The van der Waals surface area contributed by atoms with Crippen molar-refractivity contribution in [2.75, 3.05) is 0 Å². The van der Waals surface area contributed by atoms with Gasteiger partial charge in [-0.05, 0) is 17.7 Å². The van der Waals surface area contributed by atoms with Crippen LogP contribution >= 0.6 is 11.6 Å². The summed E-state index contributed by atoms with van der Waals surface area (Å²) < 4.78 is 21.9. The molecule has 0 aliphatic rings. The Bertz CT molecular complexity index is 640. The second kappa shape index (κ2) is 6.20. The fraction of sp³-hybridized carbons (Fsp3) is 0.0909. The van der Waals surface area contributed by atoms with Crippen LogP contribution in [-0.2, 0) is 4.79 Å². The number of halogens is 3. The highest BCUT2D eigenvalue weighted by Crippen LogP contribution is 2.22. The minimum Gasteiger partial charge on any atom is -0.543 e. The molecule has 0 saturated carbocycles. The average Bonchev–Trinajstić information content (AvgIpc) is 2.37. The Labute approximate surface area is 115 Å². The summed E-state index contributed by atoms with van der Waals surface area (Å²) >= 11 is 3.87. The number of nitro benzene ring substituents is 1. The van der Waals surface area contributed by atoms with Gasteiger partial charge >= 0.3 is 5.38 Å². The number of benzene rings is 1. The average molecular weight is 305 g/mol. The van der Waals surface area contributed by atoms with Crippen molar-refractivity contribution in [3.05, 3.63) is 46.8 Å². The SMILES string of the molecule is O=C([O-])C(F)(F)Cl.O=[N+]([O-])c1cccc2c[nH+]ccc12. The first-order valence-electron chi connectivity index (χ1n) is 5.05. The van der Waals surface area contributed by atoms with Crippen LogP contribution in [0.1, 0.15) is 0 Å². The summed E-state index contributed by atoms with van der Waals surface area (Å²) in [5, 5.41) is 16.9. The Hall–Kier alpha value is -2.35. The molecule has 0 radical (unpaired) electrons. The van der Waals surface area contributed by atoms with E-state index < -0.39 is 11.4 Å². The highest BCUT2D eigenvalue weighted by molar-refractivity contribution is 6.30. The summed E-state index contributed by atoms with van der Waals surface area (Å²) in [6, 6.07) is 6.71. The first-order chi connectivity index (χ1) is 9.23. The van der Waals surface area contributed by atoms with Crippen LogP contribution in [0.4, 0.5) is 14.5 Å². The van der Waals surface area contributed by atoms with Crippen molar-refractivity contribution in [1.82, 2.24) is 0 Å². The number of rotatable bonds is 2. The number of non-ortho nitro benzene ring substituents is 1. The Morgan fingerprint density at radius 2 is 1.95 bits per heavy atom. The zero-order valence-electron chi connectivity index (χ0n) is 9.68. The normalized spacial score (nSPS) is 10.6. The Balaban J connectivity index is 0.000000246. The number of carbonyl (C=O) groups is 1. The third-order valence-electron chi connectivity index (χ3n) is 2.13. The largest absolute Gasteiger partial charge is 0.543 e. The van der Waals surface area contributed by atoms with Gasteiger partial charge in [-0.3, -0.25) is 10.1 Å². The molecule has 6 nitrogen and oxygen atoms in total. The molecular weight excluding hydrogens is 298 g/mol. The van der Waals surface area contributed by atoms with Crippen LogP contribution in [0.5, 0.6) is 0 Å². The van der Waals surface area contributed by atoms with Crippen LogP contribution in [0.15, 0.2) is 36.7 Å². The Morgan fingerprint density at radius 1 is 1.35 bits per heavy atom. The van der Waals surface area contributed by atoms with Crippen molar-refractivity contribution in [2.24, 2.45) is 0 Å². The molecule has 2 aromatic rings. The summed E-state index contributed by atoms with van der Waals surface area (Å²) in [6.45, 7) is 0. The number of carboxylic acids is 1. The number of hydrogen-bond donors (Lipinski definition) is 0. The minimum atomic E-state index is -4.22. The zero-order valence-corrected chi connectivity index (χ0v) is 10.4. The van der Waals surface area contributed by atoms with Crippen molar-refractivity contribution < 1.29 is 28.6 Å². The van der Waals surface area contributed by atoms with E-state index in [9.17, 15) is 18.9 Å². The molecule has 0 saturated heterocycles. The number of nitrogens with one attached hydrogen (secondary N) is 1. The van der Waals surface area contributed by atoms with Crippen LogP contribution < -0.4 is 10.1 Å². The summed E-state index contributed by atoms with van der Waals surface area (Å²) in [5.74, 6) is -2.57. The Kier molecular flexibility index (Phi) is 4.87. The van der Waals surface area contributed by atoms with Crippen molar-refractivity contribution in [3.8, 4) is 0 Å². The van der Waals surface area contributed by atoms with Crippen molar-refractivity contribution in [3.63, 3.8) is 0 Å². The fourth-order valence-corrected chi connectivity index (χ4v) is 1.31. The molecule has 0 atom stereocenters. The molecule has 0 unspecified atom stereocenters. The van der Waals surface area contributed by atoms with Gasteiger partial charge in [-0.2, -0.15) is 8.78 Å². The van der Waals surface area contributed by atoms with E-state index in [0.717, 1.165) is 5.39 Å². The number of aromatic nitrogens is 1. The lowest BCUT2D eigenvalue weighted by molar-refractivity contribution is -0.384. The summed E-state index contributed by atoms with van der Waals surface area (Å²) in [5.41, 5.74) is 0.145. The number of nitrogens with zero attached hydrogens (tertiary/aromatic N) is 1. The topological polar surface area (TPSA) is 97.4 Å². The predicted octanol–water partition coefficient (Wildman–Crippen LogP) is 1.13. The van der Waals surface area contributed by atoms with Crippen molar-refractivity contribution >= 4 is 34.0 Å². The maximum absolute atomic E-state index is 10.9. The molecule has 1 N–H and O–H groups in total. The van der Waals surface area contributed by atoms with Gasteiger partial charge in [0.05, 0.1) is 15.7 Å². The van der Waals surface area contributed by atoms with Crippen LogP contribution in [0, 0.1) is 10.1 Å². The highest BCUT2D eigenvalue weighted by atomic mass is 35.5. The molecule has 20 heavy (non-hydrogen) atoms. The molecule has 0 aliphatic heterocycles. The number of nitro groups is 1. The third-order valence-corrected chi connectivity index (χ3v) is 2.28. The number of hydrogen-bond acceptors (Lipinski definition) is 4. The molecule has 1 aromatic carbocycles. The lowest BCUT2D eigenvalue weighted by Gasteiger charge is -2.05. The maximum Gasteiger partial charge on any atom is 0.362 e. The monoisotopic (exact) mass is 304 g/mol. The lowest BCUT2D eigenvalue weighted by Crippen LogP contribution is -2.36. The molecule has 0 spiro atoms. The van der Waals surface area contributed by atoms with E-state index >= 15 is 0 Å². The lowest BCUT2D eigenvalue weighted by atomic mass is 10.1. The van der Waals surface area contributed by atoms with Crippen LogP contribution in [0.3, 0.4) is 0 Å². The summed E-state index contributed by atoms with van der Waals surface area (Å²) in [6.07, 6.45) is 3.41. The Morgan fingerprint density at radius 3 is 2.45 bits per heavy atom. The van der Waals surface area contributed by atoms with Crippen LogP contribution in [0.25, 0.3) is 10.8 Å². The van der Waals surface area contributed by atoms with Gasteiger partial charge in [0, 0.05) is 12.1 Å². The van der Waals surface area contributed by atoms with E-state index in [1.807, 2.05) is 6.07 Å². The van der Waals surface area contributed by atoms with Gasteiger partial charge < -0.3 is 9.90 Å². The number of H-pyrrole nitrogens is 1. The number of carboxylic acid groups (broad SMARTS) is 1. The second-order valence-electron chi connectivity index (χ2n) is 3.47. The molecule has 1 heterocycles. The minimum absolute atomic E-state index is 0.145. The third kappa shape index (κ3) is 4.09. The van der Waals surface area contributed by atoms with Gasteiger partial charge in [-0.1, -0.05) is 6.07 Å². The van der Waals surface area contributed by atoms with Gasteiger partial charge in [0.25, 0.3) is 5.69 Å². The zero-order chi connectivity index (χ0) is 15.3. The smallest absolute Gasteiger partial charge is 0.362 e. The standard InChI is InChI=1S/C9H6N2O2.C2HClF2O2/c12-11(13)9-3-1-2-7-6-10-5-4-8(7)9;3-2(4,5)1(6)7/h1-6H;(H,6,7). The number of alkyl halides is 3. The molecular formula is C11H7ClF2N2O4. The van der Waals surface area contributed by atoms with Crippen molar-refractivity contribution in [1.29, 1.82) is 0 Å². The maximum atomic E-state index is 10.9. The number of pyridine rings is 1. The van der Waals surface area contributed by atoms with E-state index in [0.29, 0.717) is 5.39 Å². The summed E-state index contributed by atoms with van der Waals surface area (Å²) in [7, 11) is 0. The molecule has 0 fully saturated rings. The van der Waals surface area contributed by atoms with E-state index in [1.165, 1.54) is 6.07 Å². The number of aromatic amines is 1. The second-order valence-corrected chi connectivity index (χ2v) is 3.94. The molecule has 2 rings (SSSR count). The molecule has 0 amide bonds. The van der Waals surface area contributed by atoms with Gasteiger partial charge in [0.2, 0.25) is 0 Å². The quantitative estimate of drug-likeness (QED) is 0.472. The van der Waals surface area contributed by atoms with Crippen molar-refractivity contribution in [2.45, 2.75) is 5.38 Å². The molecule has 9 heteroatoms. The number of fused-ring (bicyclic) bond motifs is 1. The van der Waals surface area contributed by atoms with Gasteiger partial charge in [0.1, 0.15) is 5.97 Å². The van der Waals surface area contributed by atoms with E-state index in [1.54, 1.807) is 24.5 Å². The van der Waals surface area contributed by atoms with E-state index in [4.69, 9.17) is 9.90 Å². The van der Waals surface area contributed by atoms with Gasteiger partial charge in [-0.15, -0.1) is 0 Å². The molecule has 0 bridgehead atoms. The van der Waals surface area contributed by atoms with Gasteiger partial charge in [0.15, 0.2) is 12.4 Å². The molecule has 106 valence electrons. The number of aliphatic carboxylic acids is 1. The van der Waals surface area contributed by atoms with Gasteiger partial charge in [-0.25, -0.2) is 4.98 Å². The summed E-state index contributed by atoms with van der Waals surface area (Å²) in [4.78, 5) is 22.1. The molecule has 1 aromatic heterocycles. The van der Waals surface area contributed by atoms with E-state index in [-0.39, 0.29) is 10.6 Å².